The van der Waals surface area contributed by atoms with E-state index in [1.165, 1.54) is 58.0 Å². The van der Waals surface area contributed by atoms with Gasteiger partial charge < -0.3 is 10.0 Å². The van der Waals surface area contributed by atoms with Gasteiger partial charge in [0.1, 0.15) is 0 Å². The lowest BCUT2D eigenvalue weighted by atomic mass is 9.99. The molecule has 0 aromatic heterocycles. The normalized spacial score (nSPS) is 23.2. The number of nitrogens with zero attached hydrogens (tertiary/aromatic N) is 1. The van der Waals surface area contributed by atoms with Crippen molar-refractivity contribution in [2.45, 2.75) is 64.3 Å². The molecular formula is C13H27NO. The van der Waals surface area contributed by atoms with Crippen molar-refractivity contribution >= 4 is 0 Å². The fourth-order valence-corrected chi connectivity index (χ4v) is 2.57. The predicted molar refractivity (Wildman–Crippen MR) is 65.1 cm³/mol. The number of aliphatic hydroxyl groups excluding tert-OH is 1. The summed E-state index contributed by atoms with van der Waals surface area (Å²) in [6, 6.07) is 0.672. The van der Waals surface area contributed by atoms with Crippen molar-refractivity contribution in [2.24, 2.45) is 0 Å². The van der Waals surface area contributed by atoms with E-state index >= 15 is 0 Å². The standard InChI is InChI=1S/C13H27NO/c1-2-3-4-6-10-14-11-7-5-8-13(14)9-12-15/h13,15H,2-12H2,1H3. The summed E-state index contributed by atoms with van der Waals surface area (Å²) < 4.78 is 0. The Bertz CT molecular complexity index is 147. The predicted octanol–water partition coefficient (Wildman–Crippen LogP) is 2.80. The van der Waals surface area contributed by atoms with Crippen LogP contribution in [0.25, 0.3) is 0 Å². The molecule has 1 aliphatic heterocycles. The average Bonchev–Trinajstić information content (AvgIpc) is 2.27. The fourth-order valence-electron chi connectivity index (χ4n) is 2.57. The van der Waals surface area contributed by atoms with E-state index in [9.17, 15) is 0 Å². The number of unbranched alkanes of at least 4 members (excludes halogenated alkanes) is 3. The third-order valence-electron chi connectivity index (χ3n) is 3.51. The van der Waals surface area contributed by atoms with Gasteiger partial charge in [-0.05, 0) is 38.8 Å². The maximum absolute atomic E-state index is 9.02. The van der Waals surface area contributed by atoms with E-state index in [2.05, 4.69) is 11.8 Å². The van der Waals surface area contributed by atoms with E-state index in [1.807, 2.05) is 0 Å². The molecule has 90 valence electrons. The van der Waals surface area contributed by atoms with Crippen molar-refractivity contribution in [3.05, 3.63) is 0 Å². The quantitative estimate of drug-likeness (QED) is 0.657. The first-order valence-electron chi connectivity index (χ1n) is 6.73. The lowest BCUT2D eigenvalue weighted by Crippen LogP contribution is -2.40. The molecule has 2 nitrogen and oxygen atoms in total. The highest BCUT2D eigenvalue weighted by Crippen LogP contribution is 2.20. The Balaban J connectivity index is 2.17. The van der Waals surface area contributed by atoms with Gasteiger partial charge in [0, 0.05) is 12.6 Å². The maximum atomic E-state index is 9.02. The smallest absolute Gasteiger partial charge is 0.0445 e. The van der Waals surface area contributed by atoms with Crippen LogP contribution >= 0.6 is 0 Å². The van der Waals surface area contributed by atoms with Crippen LogP contribution in [0.15, 0.2) is 0 Å². The van der Waals surface area contributed by atoms with Crippen LogP contribution in [0.5, 0.6) is 0 Å². The lowest BCUT2D eigenvalue weighted by molar-refractivity contribution is 0.117. The number of hydrogen-bond donors (Lipinski definition) is 1. The number of likely N-dealkylation sites (tertiary alicyclic amines) is 1. The van der Waals surface area contributed by atoms with Gasteiger partial charge in [-0.1, -0.05) is 32.6 Å². The van der Waals surface area contributed by atoms with Crippen LogP contribution in [0.1, 0.15) is 58.3 Å². The topological polar surface area (TPSA) is 23.5 Å². The third-order valence-corrected chi connectivity index (χ3v) is 3.51. The molecule has 0 bridgehead atoms. The Kier molecular flexibility index (Phi) is 7.03. The van der Waals surface area contributed by atoms with Crippen LogP contribution in [0, 0.1) is 0 Å². The molecule has 2 heteroatoms. The fraction of sp³-hybridized carbons (Fsp3) is 1.00. The molecule has 1 saturated heterocycles. The van der Waals surface area contributed by atoms with Crippen molar-refractivity contribution < 1.29 is 5.11 Å². The molecule has 0 saturated carbocycles. The molecule has 1 unspecified atom stereocenters. The Morgan fingerprint density at radius 2 is 2.07 bits per heavy atom. The molecule has 1 heterocycles. The minimum Gasteiger partial charge on any atom is -0.396 e. The van der Waals surface area contributed by atoms with Crippen molar-refractivity contribution in [1.82, 2.24) is 4.90 Å². The van der Waals surface area contributed by atoms with Gasteiger partial charge in [-0.15, -0.1) is 0 Å². The zero-order chi connectivity index (χ0) is 10.9. The number of rotatable bonds is 7. The van der Waals surface area contributed by atoms with E-state index in [0.717, 1.165) is 6.42 Å². The second-order valence-electron chi connectivity index (χ2n) is 4.76. The first kappa shape index (κ1) is 13.0. The number of hydrogen-bond acceptors (Lipinski definition) is 2. The Labute approximate surface area is 94.7 Å². The molecule has 0 aliphatic carbocycles. The van der Waals surface area contributed by atoms with Crippen molar-refractivity contribution in [1.29, 1.82) is 0 Å². The van der Waals surface area contributed by atoms with Gasteiger partial charge in [-0.2, -0.15) is 0 Å². The summed E-state index contributed by atoms with van der Waals surface area (Å²) in [5, 5.41) is 9.02. The Hall–Kier alpha value is -0.0800. The van der Waals surface area contributed by atoms with E-state index in [1.54, 1.807) is 0 Å². The Morgan fingerprint density at radius 1 is 1.20 bits per heavy atom. The van der Waals surface area contributed by atoms with Gasteiger partial charge >= 0.3 is 0 Å². The largest absolute Gasteiger partial charge is 0.396 e. The minimum atomic E-state index is 0.357. The van der Waals surface area contributed by atoms with Crippen LogP contribution in [0.3, 0.4) is 0 Å². The van der Waals surface area contributed by atoms with Gasteiger partial charge in [0.25, 0.3) is 0 Å². The molecule has 1 aliphatic rings. The Morgan fingerprint density at radius 3 is 2.80 bits per heavy atom. The van der Waals surface area contributed by atoms with Gasteiger partial charge in [-0.25, -0.2) is 0 Å². The summed E-state index contributed by atoms with van der Waals surface area (Å²) in [6.45, 7) is 5.13. The first-order valence-corrected chi connectivity index (χ1v) is 6.73. The molecule has 1 rings (SSSR count). The van der Waals surface area contributed by atoms with Crippen LogP contribution in [-0.4, -0.2) is 35.7 Å². The van der Waals surface area contributed by atoms with E-state index in [4.69, 9.17) is 5.11 Å². The van der Waals surface area contributed by atoms with Crippen molar-refractivity contribution in [3.8, 4) is 0 Å². The molecule has 1 N–H and O–H groups in total. The first-order chi connectivity index (χ1) is 7.38. The van der Waals surface area contributed by atoms with Crippen LogP contribution in [0.2, 0.25) is 0 Å². The zero-order valence-electron chi connectivity index (χ0n) is 10.2. The maximum Gasteiger partial charge on any atom is 0.0445 e. The average molecular weight is 213 g/mol. The number of piperidine rings is 1. The van der Waals surface area contributed by atoms with E-state index in [0.29, 0.717) is 12.6 Å². The summed E-state index contributed by atoms with van der Waals surface area (Å²) in [6.07, 6.45) is 10.4. The summed E-state index contributed by atoms with van der Waals surface area (Å²) >= 11 is 0. The second-order valence-corrected chi connectivity index (χ2v) is 4.76. The van der Waals surface area contributed by atoms with Gasteiger partial charge in [-0.3, -0.25) is 0 Å². The minimum absolute atomic E-state index is 0.357. The van der Waals surface area contributed by atoms with Gasteiger partial charge in [0.15, 0.2) is 0 Å². The highest BCUT2D eigenvalue weighted by molar-refractivity contribution is 4.76. The SMILES string of the molecule is CCCCCCN1CCCCC1CCO. The van der Waals surface area contributed by atoms with E-state index in [-0.39, 0.29) is 0 Å². The molecule has 0 spiro atoms. The summed E-state index contributed by atoms with van der Waals surface area (Å²) in [5.74, 6) is 0. The highest BCUT2D eigenvalue weighted by Gasteiger charge is 2.20. The monoisotopic (exact) mass is 213 g/mol. The molecule has 1 fully saturated rings. The molecule has 1 atom stereocenters. The highest BCUT2D eigenvalue weighted by atomic mass is 16.3. The summed E-state index contributed by atoms with van der Waals surface area (Å²) in [7, 11) is 0. The van der Waals surface area contributed by atoms with Gasteiger partial charge in [0.2, 0.25) is 0 Å². The lowest BCUT2D eigenvalue weighted by Gasteiger charge is -2.35. The number of aliphatic hydroxyl groups is 1. The van der Waals surface area contributed by atoms with Crippen LogP contribution < -0.4 is 0 Å². The second kappa shape index (κ2) is 8.12. The van der Waals surface area contributed by atoms with Gasteiger partial charge in [0.05, 0.1) is 0 Å². The summed E-state index contributed by atoms with van der Waals surface area (Å²) in [4.78, 5) is 2.61. The molecule has 15 heavy (non-hydrogen) atoms. The zero-order valence-corrected chi connectivity index (χ0v) is 10.2. The molecule has 0 aromatic rings. The molecular weight excluding hydrogens is 186 g/mol. The summed E-state index contributed by atoms with van der Waals surface area (Å²) in [5.41, 5.74) is 0. The molecule has 0 radical (unpaired) electrons. The third kappa shape index (κ3) is 4.98. The molecule has 0 aromatic carbocycles. The van der Waals surface area contributed by atoms with Crippen molar-refractivity contribution in [2.75, 3.05) is 19.7 Å². The van der Waals surface area contributed by atoms with Crippen molar-refractivity contribution in [3.63, 3.8) is 0 Å². The van der Waals surface area contributed by atoms with Crippen LogP contribution in [-0.2, 0) is 0 Å². The van der Waals surface area contributed by atoms with E-state index < -0.39 is 0 Å². The molecule has 0 amide bonds. The van der Waals surface area contributed by atoms with Crippen LogP contribution in [0.4, 0.5) is 0 Å².